The molecule has 0 spiro atoms. The lowest BCUT2D eigenvalue weighted by Crippen LogP contribution is -2.23. The highest BCUT2D eigenvalue weighted by molar-refractivity contribution is 5.95. The molecule has 0 aliphatic heterocycles. The summed E-state index contributed by atoms with van der Waals surface area (Å²) in [5, 5.41) is 0. The molecule has 1 unspecified atom stereocenters. The highest BCUT2D eigenvalue weighted by atomic mass is 16.5. The number of benzene rings is 2. The molecule has 0 bridgehead atoms. The van der Waals surface area contributed by atoms with Gasteiger partial charge in [0.05, 0.1) is 13.3 Å². The lowest BCUT2D eigenvalue weighted by atomic mass is 9.81. The second-order valence-electron chi connectivity index (χ2n) is 7.03. The van der Waals surface area contributed by atoms with Crippen molar-refractivity contribution in [1.29, 1.82) is 0 Å². The standard InChI is InChI=1S/C23H21NO5/c1-27-23(26)20-13-24-22(29-20)21(25)18-8-7-17-12-19(10-9-16(17)11-18)28-14-15-5-3-2-4-6-15/h2-6,9-10,12-13,18H,7-8,11,14H2,1H3. The molecule has 6 nitrogen and oxygen atoms in total. The Balaban J connectivity index is 1.41. The Morgan fingerprint density at radius 1 is 1.14 bits per heavy atom. The van der Waals surface area contributed by atoms with E-state index >= 15 is 0 Å². The van der Waals surface area contributed by atoms with Crippen molar-refractivity contribution in [3.63, 3.8) is 0 Å². The average molecular weight is 391 g/mol. The van der Waals surface area contributed by atoms with Gasteiger partial charge in [0.2, 0.25) is 11.5 Å². The van der Waals surface area contributed by atoms with Crippen LogP contribution in [0.25, 0.3) is 0 Å². The van der Waals surface area contributed by atoms with Crippen LogP contribution < -0.4 is 4.74 Å². The highest BCUT2D eigenvalue weighted by Gasteiger charge is 2.29. The normalized spacial score (nSPS) is 15.4. The zero-order valence-electron chi connectivity index (χ0n) is 16.1. The monoisotopic (exact) mass is 391 g/mol. The van der Waals surface area contributed by atoms with Crippen molar-refractivity contribution in [1.82, 2.24) is 4.98 Å². The van der Waals surface area contributed by atoms with E-state index in [0.717, 1.165) is 23.3 Å². The molecular formula is C23H21NO5. The van der Waals surface area contributed by atoms with Crippen LogP contribution >= 0.6 is 0 Å². The highest BCUT2D eigenvalue weighted by Crippen LogP contribution is 2.30. The summed E-state index contributed by atoms with van der Waals surface area (Å²) < 4.78 is 15.8. The Morgan fingerprint density at radius 3 is 2.76 bits per heavy atom. The van der Waals surface area contributed by atoms with Crippen LogP contribution in [0.4, 0.5) is 0 Å². The van der Waals surface area contributed by atoms with Crippen LogP contribution in [0, 0.1) is 5.92 Å². The molecule has 3 aromatic rings. The first kappa shape index (κ1) is 18.9. The number of ketones is 1. The summed E-state index contributed by atoms with van der Waals surface area (Å²) in [4.78, 5) is 28.2. The lowest BCUT2D eigenvalue weighted by molar-refractivity contribution is 0.0562. The fraction of sp³-hybridized carbons (Fsp3) is 0.261. The van der Waals surface area contributed by atoms with E-state index in [4.69, 9.17) is 9.15 Å². The SMILES string of the molecule is COC(=O)c1cnc(C(=O)C2CCc3cc(OCc4ccccc4)ccc3C2)o1. The van der Waals surface area contributed by atoms with Gasteiger partial charge in [0, 0.05) is 5.92 Å². The van der Waals surface area contributed by atoms with Crippen molar-refractivity contribution < 1.29 is 23.5 Å². The number of nitrogens with zero attached hydrogens (tertiary/aromatic N) is 1. The topological polar surface area (TPSA) is 78.6 Å². The molecule has 29 heavy (non-hydrogen) atoms. The molecular weight excluding hydrogens is 370 g/mol. The fourth-order valence-electron chi connectivity index (χ4n) is 3.54. The van der Waals surface area contributed by atoms with Gasteiger partial charge in [-0.1, -0.05) is 36.4 Å². The maximum atomic E-state index is 12.7. The summed E-state index contributed by atoms with van der Waals surface area (Å²) in [5.41, 5.74) is 3.44. The van der Waals surface area contributed by atoms with Gasteiger partial charge in [0.15, 0.2) is 0 Å². The third kappa shape index (κ3) is 4.21. The largest absolute Gasteiger partial charge is 0.489 e. The number of hydrogen-bond acceptors (Lipinski definition) is 6. The van der Waals surface area contributed by atoms with Crippen molar-refractivity contribution in [2.24, 2.45) is 5.92 Å². The molecule has 0 saturated carbocycles. The minimum absolute atomic E-state index is 0.0401. The van der Waals surface area contributed by atoms with E-state index in [1.165, 1.54) is 18.9 Å². The minimum Gasteiger partial charge on any atom is -0.489 e. The van der Waals surface area contributed by atoms with Gasteiger partial charge in [-0.2, -0.15) is 0 Å². The molecule has 0 fully saturated rings. The molecule has 0 N–H and O–H groups in total. The van der Waals surface area contributed by atoms with E-state index in [0.29, 0.717) is 19.4 Å². The third-order valence-electron chi connectivity index (χ3n) is 5.13. The molecule has 0 amide bonds. The number of rotatable bonds is 6. The van der Waals surface area contributed by atoms with E-state index in [2.05, 4.69) is 15.8 Å². The van der Waals surface area contributed by atoms with Gasteiger partial charge < -0.3 is 13.9 Å². The van der Waals surface area contributed by atoms with Gasteiger partial charge >= 0.3 is 5.97 Å². The van der Waals surface area contributed by atoms with Crippen molar-refractivity contribution in [3.05, 3.63) is 83.1 Å². The number of aromatic nitrogens is 1. The van der Waals surface area contributed by atoms with E-state index in [1.54, 1.807) is 0 Å². The van der Waals surface area contributed by atoms with Crippen LogP contribution in [0.15, 0.2) is 59.1 Å². The average Bonchev–Trinajstić information content (AvgIpc) is 3.27. The van der Waals surface area contributed by atoms with Crippen LogP contribution in [0.2, 0.25) is 0 Å². The van der Waals surface area contributed by atoms with Gasteiger partial charge in [-0.25, -0.2) is 9.78 Å². The van der Waals surface area contributed by atoms with E-state index in [9.17, 15) is 9.59 Å². The molecule has 6 heteroatoms. The van der Waals surface area contributed by atoms with Crippen LogP contribution in [-0.2, 0) is 24.2 Å². The van der Waals surface area contributed by atoms with E-state index < -0.39 is 5.97 Å². The maximum absolute atomic E-state index is 12.7. The van der Waals surface area contributed by atoms with Crippen molar-refractivity contribution in [2.45, 2.75) is 25.9 Å². The van der Waals surface area contributed by atoms with Gasteiger partial charge in [-0.05, 0) is 48.1 Å². The van der Waals surface area contributed by atoms with Gasteiger partial charge in [0.1, 0.15) is 12.4 Å². The third-order valence-corrected chi connectivity index (χ3v) is 5.13. The number of ether oxygens (including phenoxy) is 2. The van der Waals surface area contributed by atoms with E-state index in [1.807, 2.05) is 42.5 Å². The molecule has 1 heterocycles. The summed E-state index contributed by atoms with van der Waals surface area (Å²) in [7, 11) is 1.25. The first-order valence-electron chi connectivity index (χ1n) is 9.51. The Labute approximate surface area is 168 Å². The number of aryl methyl sites for hydroxylation is 1. The smallest absolute Gasteiger partial charge is 0.375 e. The first-order chi connectivity index (χ1) is 14.1. The zero-order chi connectivity index (χ0) is 20.2. The second kappa shape index (κ2) is 8.31. The first-order valence-corrected chi connectivity index (χ1v) is 9.51. The van der Waals surface area contributed by atoms with Gasteiger partial charge in [-0.15, -0.1) is 0 Å². The molecule has 0 radical (unpaired) electrons. The number of carbonyl (C=O) groups excluding carboxylic acids is 2. The van der Waals surface area contributed by atoms with Crippen LogP contribution in [0.3, 0.4) is 0 Å². The van der Waals surface area contributed by atoms with Crippen molar-refractivity contribution >= 4 is 11.8 Å². The number of esters is 1. The Morgan fingerprint density at radius 2 is 1.97 bits per heavy atom. The summed E-state index contributed by atoms with van der Waals surface area (Å²) in [6.07, 6.45) is 3.32. The number of methoxy groups -OCH3 is 1. The Bertz CT molecular complexity index is 1020. The molecule has 1 aromatic heterocycles. The fourth-order valence-corrected chi connectivity index (χ4v) is 3.54. The predicted octanol–water partition coefficient (Wildman–Crippen LogP) is 4.03. The lowest BCUT2D eigenvalue weighted by Gasteiger charge is -2.23. The second-order valence-corrected chi connectivity index (χ2v) is 7.03. The summed E-state index contributed by atoms with van der Waals surface area (Å²) >= 11 is 0. The summed E-state index contributed by atoms with van der Waals surface area (Å²) in [6, 6.07) is 16.0. The zero-order valence-corrected chi connectivity index (χ0v) is 16.1. The number of fused-ring (bicyclic) bond motifs is 1. The molecule has 4 rings (SSSR count). The Hall–Kier alpha value is -3.41. The predicted molar refractivity (Wildman–Crippen MR) is 105 cm³/mol. The Kier molecular flexibility index (Phi) is 5.42. The number of carbonyl (C=O) groups is 2. The minimum atomic E-state index is -0.645. The summed E-state index contributed by atoms with van der Waals surface area (Å²) in [5.74, 6) is -0.326. The molecule has 0 saturated heterocycles. The van der Waals surface area contributed by atoms with Crippen LogP contribution in [0.5, 0.6) is 5.75 Å². The van der Waals surface area contributed by atoms with Crippen molar-refractivity contribution in [2.75, 3.05) is 7.11 Å². The molecule has 2 aromatic carbocycles. The molecule has 1 aliphatic carbocycles. The molecule has 148 valence electrons. The number of Topliss-reactive ketones (excluding diaryl/α,β-unsaturated/α-hetero) is 1. The van der Waals surface area contributed by atoms with E-state index in [-0.39, 0.29) is 23.4 Å². The van der Waals surface area contributed by atoms with Gasteiger partial charge in [0.25, 0.3) is 5.89 Å². The molecule has 1 aliphatic rings. The van der Waals surface area contributed by atoms with Gasteiger partial charge in [-0.3, -0.25) is 4.79 Å². The quantitative estimate of drug-likeness (QED) is 0.466. The van der Waals surface area contributed by atoms with Crippen LogP contribution in [0.1, 0.15) is 44.4 Å². The van der Waals surface area contributed by atoms with Crippen molar-refractivity contribution in [3.8, 4) is 5.75 Å². The molecule has 1 atom stereocenters. The maximum Gasteiger partial charge on any atom is 0.375 e. The van der Waals surface area contributed by atoms with Crippen LogP contribution in [-0.4, -0.2) is 23.8 Å². The number of hydrogen-bond donors (Lipinski definition) is 0. The summed E-state index contributed by atoms with van der Waals surface area (Å²) in [6.45, 7) is 0.521. The number of oxazole rings is 1.